The van der Waals surface area contributed by atoms with Crippen LogP contribution in [0.15, 0.2) is 39.8 Å². The molecule has 0 unspecified atom stereocenters. The van der Waals surface area contributed by atoms with Gasteiger partial charge in [-0.1, -0.05) is 0 Å². The SMILES string of the molecule is CN(C)/C=N/S(=O)(=O)c1ccc(-c2ncc(C(F)(F)F)[nH]2)cc1. The smallest absolute Gasteiger partial charge is 0.368 e. The maximum atomic E-state index is 12.5. The summed E-state index contributed by atoms with van der Waals surface area (Å²) in [7, 11) is -0.611. The summed E-state index contributed by atoms with van der Waals surface area (Å²) >= 11 is 0. The number of aromatic amines is 1. The number of H-pyrrole nitrogens is 1. The van der Waals surface area contributed by atoms with E-state index in [1.807, 2.05) is 0 Å². The van der Waals surface area contributed by atoms with E-state index in [-0.39, 0.29) is 10.7 Å². The van der Waals surface area contributed by atoms with Gasteiger partial charge in [-0.3, -0.25) is 0 Å². The number of hydrogen-bond acceptors (Lipinski definition) is 3. The highest BCUT2D eigenvalue weighted by Gasteiger charge is 2.33. The highest BCUT2D eigenvalue weighted by atomic mass is 32.2. The summed E-state index contributed by atoms with van der Waals surface area (Å²) in [6, 6.07) is 5.23. The fraction of sp³-hybridized carbons (Fsp3) is 0.231. The second-order valence-corrected chi connectivity index (χ2v) is 6.46. The van der Waals surface area contributed by atoms with Crippen molar-refractivity contribution in [2.45, 2.75) is 11.1 Å². The van der Waals surface area contributed by atoms with E-state index < -0.39 is 21.9 Å². The fourth-order valence-corrected chi connectivity index (χ4v) is 2.53. The van der Waals surface area contributed by atoms with Gasteiger partial charge in [0.1, 0.15) is 17.9 Å². The van der Waals surface area contributed by atoms with Crippen LogP contribution in [0.3, 0.4) is 0 Å². The molecule has 23 heavy (non-hydrogen) atoms. The lowest BCUT2D eigenvalue weighted by Crippen LogP contribution is -2.10. The van der Waals surface area contributed by atoms with Gasteiger partial charge in [0.05, 0.1) is 11.1 Å². The van der Waals surface area contributed by atoms with Crippen molar-refractivity contribution in [1.82, 2.24) is 14.9 Å². The van der Waals surface area contributed by atoms with Gasteiger partial charge in [-0.25, -0.2) is 4.98 Å². The Kier molecular flexibility index (Phi) is 4.46. The van der Waals surface area contributed by atoms with Gasteiger partial charge in [0.25, 0.3) is 10.0 Å². The predicted octanol–water partition coefficient (Wildman–Crippen LogP) is 2.37. The van der Waals surface area contributed by atoms with E-state index in [9.17, 15) is 21.6 Å². The summed E-state index contributed by atoms with van der Waals surface area (Å²) in [5.41, 5.74) is -0.643. The fourth-order valence-electron chi connectivity index (χ4n) is 1.61. The van der Waals surface area contributed by atoms with E-state index in [0.717, 1.165) is 6.34 Å². The quantitative estimate of drug-likeness (QED) is 0.681. The highest BCUT2D eigenvalue weighted by Crippen LogP contribution is 2.29. The first kappa shape index (κ1) is 17.0. The van der Waals surface area contributed by atoms with Gasteiger partial charge in [0, 0.05) is 19.7 Å². The van der Waals surface area contributed by atoms with E-state index in [2.05, 4.69) is 14.4 Å². The molecular formula is C13H13F3N4O2S. The minimum Gasteiger partial charge on any atom is -0.368 e. The second-order valence-electron chi connectivity index (χ2n) is 4.83. The first-order chi connectivity index (χ1) is 10.6. The molecule has 0 aliphatic rings. The summed E-state index contributed by atoms with van der Waals surface area (Å²) in [6.07, 6.45) is -2.69. The lowest BCUT2D eigenvalue weighted by molar-refractivity contribution is -0.140. The van der Waals surface area contributed by atoms with E-state index in [4.69, 9.17) is 0 Å². The zero-order valence-electron chi connectivity index (χ0n) is 12.2. The van der Waals surface area contributed by atoms with Crippen molar-refractivity contribution < 1.29 is 21.6 Å². The van der Waals surface area contributed by atoms with Gasteiger partial charge in [-0.05, 0) is 24.3 Å². The Morgan fingerprint density at radius 2 is 1.83 bits per heavy atom. The molecule has 6 nitrogen and oxygen atoms in total. The topological polar surface area (TPSA) is 78.4 Å². The molecule has 2 aromatic rings. The lowest BCUT2D eigenvalue weighted by Gasteiger charge is -2.04. The van der Waals surface area contributed by atoms with Crippen LogP contribution >= 0.6 is 0 Å². The molecule has 0 saturated carbocycles. The molecule has 10 heteroatoms. The Morgan fingerprint density at radius 1 is 1.22 bits per heavy atom. The van der Waals surface area contributed by atoms with E-state index >= 15 is 0 Å². The van der Waals surface area contributed by atoms with Crippen LogP contribution in [0.4, 0.5) is 13.2 Å². The minimum absolute atomic E-state index is 0.00179. The molecule has 1 aromatic carbocycles. The number of alkyl halides is 3. The molecule has 1 aromatic heterocycles. The van der Waals surface area contributed by atoms with Gasteiger partial charge >= 0.3 is 6.18 Å². The van der Waals surface area contributed by atoms with Crippen molar-refractivity contribution in [3.8, 4) is 11.4 Å². The second kappa shape index (κ2) is 6.03. The number of nitrogens with one attached hydrogen (secondary N) is 1. The average Bonchev–Trinajstić information content (AvgIpc) is 2.95. The van der Waals surface area contributed by atoms with Crippen molar-refractivity contribution in [2.24, 2.45) is 4.40 Å². The Hall–Kier alpha value is -2.36. The van der Waals surface area contributed by atoms with Crippen LogP contribution in [0.1, 0.15) is 5.69 Å². The molecule has 1 N–H and O–H groups in total. The molecule has 124 valence electrons. The number of imidazole rings is 1. The summed E-state index contributed by atoms with van der Waals surface area (Å²) in [4.78, 5) is 7.19. The maximum Gasteiger partial charge on any atom is 0.432 e. The van der Waals surface area contributed by atoms with Gasteiger partial charge in [-0.2, -0.15) is 21.6 Å². The molecule has 0 fully saturated rings. The number of nitrogens with zero attached hydrogens (tertiary/aromatic N) is 3. The van der Waals surface area contributed by atoms with Crippen LogP contribution < -0.4 is 0 Å². The Bertz CT molecular complexity index is 808. The lowest BCUT2D eigenvalue weighted by atomic mass is 10.2. The molecule has 0 spiro atoms. The van der Waals surface area contributed by atoms with Crippen molar-refractivity contribution in [3.63, 3.8) is 0 Å². The van der Waals surface area contributed by atoms with Crippen LogP contribution in [0, 0.1) is 0 Å². The molecule has 2 rings (SSSR count). The van der Waals surface area contributed by atoms with Crippen LogP contribution in [0.2, 0.25) is 0 Å². The Balaban J connectivity index is 2.28. The van der Waals surface area contributed by atoms with Crippen molar-refractivity contribution >= 4 is 16.4 Å². The third-order valence-corrected chi connectivity index (χ3v) is 3.96. The predicted molar refractivity (Wildman–Crippen MR) is 78.4 cm³/mol. The summed E-state index contributed by atoms with van der Waals surface area (Å²) in [5, 5.41) is 0. The maximum absolute atomic E-state index is 12.5. The molecular weight excluding hydrogens is 333 g/mol. The number of rotatable bonds is 4. The van der Waals surface area contributed by atoms with E-state index in [0.29, 0.717) is 11.8 Å². The third-order valence-electron chi connectivity index (χ3n) is 2.72. The van der Waals surface area contributed by atoms with Crippen molar-refractivity contribution in [2.75, 3.05) is 14.1 Å². The number of benzene rings is 1. The van der Waals surface area contributed by atoms with Gasteiger partial charge in [0.15, 0.2) is 0 Å². The van der Waals surface area contributed by atoms with Crippen LogP contribution in [0.5, 0.6) is 0 Å². The van der Waals surface area contributed by atoms with Crippen molar-refractivity contribution in [3.05, 3.63) is 36.2 Å². The molecule has 0 aliphatic heterocycles. The molecule has 0 aliphatic carbocycles. The van der Waals surface area contributed by atoms with Crippen LogP contribution in [-0.2, 0) is 16.2 Å². The number of halogens is 3. The van der Waals surface area contributed by atoms with Crippen LogP contribution in [-0.4, -0.2) is 43.7 Å². The first-order valence-electron chi connectivity index (χ1n) is 6.29. The van der Waals surface area contributed by atoms with Crippen LogP contribution in [0.25, 0.3) is 11.4 Å². The summed E-state index contributed by atoms with van der Waals surface area (Å²) < 4.78 is 64.9. The molecule has 1 heterocycles. The third kappa shape index (κ3) is 4.09. The molecule has 0 radical (unpaired) electrons. The van der Waals surface area contributed by atoms with E-state index in [1.54, 1.807) is 14.1 Å². The first-order valence-corrected chi connectivity index (χ1v) is 7.73. The number of sulfonamides is 1. The standard InChI is InChI=1S/C13H13F3N4O2S/c1-20(2)8-18-23(21,22)10-5-3-9(4-6-10)12-17-7-11(19-12)13(14,15)16/h3-8H,1-2H3,(H,17,19)/b18-8+. The van der Waals surface area contributed by atoms with Gasteiger partial charge in [-0.15, -0.1) is 4.40 Å². The zero-order chi connectivity index (χ0) is 17.3. The van der Waals surface area contributed by atoms with Gasteiger partial charge < -0.3 is 9.88 Å². The molecule has 0 amide bonds. The summed E-state index contributed by atoms with van der Waals surface area (Å²) in [6.45, 7) is 0. The Morgan fingerprint density at radius 3 is 2.30 bits per heavy atom. The van der Waals surface area contributed by atoms with Gasteiger partial charge in [0.2, 0.25) is 0 Å². The number of hydrogen-bond donors (Lipinski definition) is 1. The average molecular weight is 346 g/mol. The minimum atomic E-state index is -4.52. The van der Waals surface area contributed by atoms with Crippen molar-refractivity contribution in [1.29, 1.82) is 0 Å². The monoisotopic (exact) mass is 346 g/mol. The normalized spacial score (nSPS) is 12.7. The molecule has 0 atom stereocenters. The highest BCUT2D eigenvalue weighted by molar-refractivity contribution is 7.90. The Labute approximate surface area is 130 Å². The number of aromatic nitrogens is 2. The summed E-state index contributed by atoms with van der Waals surface area (Å²) in [5.74, 6) is -0.00179. The molecule has 0 bridgehead atoms. The molecule has 0 saturated heterocycles. The largest absolute Gasteiger partial charge is 0.432 e. The zero-order valence-corrected chi connectivity index (χ0v) is 13.0. The van der Waals surface area contributed by atoms with E-state index in [1.165, 1.54) is 29.2 Å².